The maximum absolute atomic E-state index is 12.2. The Morgan fingerprint density at radius 3 is 2.13 bits per heavy atom. The zero-order valence-electron chi connectivity index (χ0n) is 11.8. The standard InChI is InChI=1S/C15H11Cl3N2O3/c1-23-13-11(6-10(17)7-12(13)18)15(22)20-19-14(21)8-2-4-9(16)5-3-8/h2-7H,1H3,(H,19,21)(H,20,22). The van der Waals surface area contributed by atoms with Gasteiger partial charge in [-0.25, -0.2) is 0 Å². The lowest BCUT2D eigenvalue weighted by molar-refractivity contribution is 0.0845. The van der Waals surface area contributed by atoms with Gasteiger partial charge in [0.15, 0.2) is 0 Å². The summed E-state index contributed by atoms with van der Waals surface area (Å²) in [5.74, 6) is -0.954. The first-order chi connectivity index (χ1) is 10.9. The molecule has 0 atom stereocenters. The van der Waals surface area contributed by atoms with Gasteiger partial charge in [-0.15, -0.1) is 0 Å². The molecular weight excluding hydrogens is 363 g/mol. The van der Waals surface area contributed by atoms with Crippen LogP contribution in [0.5, 0.6) is 5.75 Å². The Kier molecular flexibility index (Phi) is 5.71. The lowest BCUT2D eigenvalue weighted by atomic mass is 10.2. The Hall–Kier alpha value is -1.95. The third-order valence-electron chi connectivity index (χ3n) is 2.85. The van der Waals surface area contributed by atoms with Crippen LogP contribution in [0.2, 0.25) is 15.1 Å². The number of hydrazine groups is 1. The van der Waals surface area contributed by atoms with Crippen LogP contribution in [0, 0.1) is 0 Å². The van der Waals surface area contributed by atoms with E-state index in [1.54, 1.807) is 12.1 Å². The van der Waals surface area contributed by atoms with E-state index in [-0.39, 0.29) is 21.4 Å². The quantitative estimate of drug-likeness (QED) is 0.806. The Balaban J connectivity index is 2.11. The molecule has 2 aromatic carbocycles. The van der Waals surface area contributed by atoms with Crippen LogP contribution in [0.4, 0.5) is 0 Å². The second-order valence-electron chi connectivity index (χ2n) is 4.38. The van der Waals surface area contributed by atoms with Crippen molar-refractivity contribution < 1.29 is 14.3 Å². The number of carbonyl (C=O) groups excluding carboxylic acids is 2. The summed E-state index contributed by atoms with van der Waals surface area (Å²) < 4.78 is 5.08. The molecule has 2 aromatic rings. The van der Waals surface area contributed by atoms with Crippen molar-refractivity contribution in [3.63, 3.8) is 0 Å². The highest BCUT2D eigenvalue weighted by Gasteiger charge is 2.17. The summed E-state index contributed by atoms with van der Waals surface area (Å²) in [5.41, 5.74) is 4.99. The molecule has 8 heteroatoms. The zero-order chi connectivity index (χ0) is 17.0. The molecule has 0 spiro atoms. The zero-order valence-corrected chi connectivity index (χ0v) is 14.1. The molecule has 2 amide bonds. The van der Waals surface area contributed by atoms with Crippen LogP contribution in [0.1, 0.15) is 20.7 Å². The lowest BCUT2D eigenvalue weighted by Gasteiger charge is -2.12. The van der Waals surface area contributed by atoms with Gasteiger partial charge in [-0.05, 0) is 36.4 Å². The molecule has 0 saturated carbocycles. The van der Waals surface area contributed by atoms with Crippen molar-refractivity contribution in [2.75, 3.05) is 7.11 Å². The number of amides is 2. The molecule has 0 fully saturated rings. The molecular formula is C15H11Cl3N2O3. The van der Waals surface area contributed by atoms with Crippen molar-refractivity contribution >= 4 is 46.6 Å². The molecule has 0 aliphatic heterocycles. The molecule has 120 valence electrons. The number of nitrogens with one attached hydrogen (secondary N) is 2. The van der Waals surface area contributed by atoms with Crippen molar-refractivity contribution in [1.82, 2.24) is 10.9 Å². The van der Waals surface area contributed by atoms with E-state index in [1.807, 2.05) is 0 Å². The van der Waals surface area contributed by atoms with Crippen molar-refractivity contribution in [1.29, 1.82) is 0 Å². The van der Waals surface area contributed by atoms with E-state index in [0.717, 1.165) is 0 Å². The van der Waals surface area contributed by atoms with Crippen molar-refractivity contribution in [3.8, 4) is 5.75 Å². The van der Waals surface area contributed by atoms with E-state index in [2.05, 4.69) is 10.9 Å². The second-order valence-corrected chi connectivity index (χ2v) is 5.66. The minimum atomic E-state index is -0.617. The first kappa shape index (κ1) is 17.4. The van der Waals surface area contributed by atoms with Crippen LogP contribution in [0.25, 0.3) is 0 Å². The summed E-state index contributed by atoms with van der Waals surface area (Å²) in [6, 6.07) is 9.03. The smallest absolute Gasteiger partial charge is 0.273 e. The summed E-state index contributed by atoms with van der Waals surface area (Å²) in [5, 5.41) is 0.961. The number of rotatable bonds is 3. The average molecular weight is 374 g/mol. The first-order valence-corrected chi connectivity index (χ1v) is 7.45. The van der Waals surface area contributed by atoms with Gasteiger partial charge in [0.2, 0.25) is 0 Å². The van der Waals surface area contributed by atoms with Gasteiger partial charge in [-0.1, -0.05) is 34.8 Å². The van der Waals surface area contributed by atoms with Gasteiger partial charge in [0.1, 0.15) is 5.75 Å². The third kappa shape index (κ3) is 4.28. The molecule has 0 aliphatic carbocycles. The maximum atomic E-state index is 12.2. The van der Waals surface area contributed by atoms with Crippen LogP contribution < -0.4 is 15.6 Å². The molecule has 0 radical (unpaired) electrons. The van der Waals surface area contributed by atoms with Gasteiger partial charge in [0.25, 0.3) is 11.8 Å². The molecule has 0 saturated heterocycles. The SMILES string of the molecule is COc1c(Cl)cc(Cl)cc1C(=O)NNC(=O)c1ccc(Cl)cc1. The summed E-state index contributed by atoms with van der Waals surface area (Å²) in [6.45, 7) is 0. The fourth-order valence-corrected chi connectivity index (χ4v) is 2.49. The highest BCUT2D eigenvalue weighted by Crippen LogP contribution is 2.31. The Morgan fingerprint density at radius 2 is 1.52 bits per heavy atom. The van der Waals surface area contributed by atoms with Crippen LogP contribution >= 0.6 is 34.8 Å². The highest BCUT2D eigenvalue weighted by molar-refractivity contribution is 6.36. The molecule has 0 aromatic heterocycles. The monoisotopic (exact) mass is 372 g/mol. The van der Waals surface area contributed by atoms with Gasteiger partial charge in [0.05, 0.1) is 17.7 Å². The number of hydrogen-bond donors (Lipinski definition) is 2. The topological polar surface area (TPSA) is 67.4 Å². The Morgan fingerprint density at radius 1 is 0.913 bits per heavy atom. The van der Waals surface area contributed by atoms with Crippen molar-refractivity contribution in [2.24, 2.45) is 0 Å². The van der Waals surface area contributed by atoms with E-state index in [9.17, 15) is 9.59 Å². The predicted octanol–water partition coefficient (Wildman–Crippen LogP) is 3.73. The number of methoxy groups -OCH3 is 1. The largest absolute Gasteiger partial charge is 0.494 e. The summed E-state index contributed by atoms with van der Waals surface area (Å²) >= 11 is 17.6. The number of hydrogen-bond acceptors (Lipinski definition) is 3. The normalized spacial score (nSPS) is 10.1. The molecule has 5 nitrogen and oxygen atoms in total. The Labute approximate surface area is 147 Å². The van der Waals surface area contributed by atoms with E-state index in [4.69, 9.17) is 39.5 Å². The molecule has 0 aliphatic rings. The van der Waals surface area contributed by atoms with Gasteiger partial charge < -0.3 is 4.74 Å². The predicted molar refractivity (Wildman–Crippen MR) is 89.4 cm³/mol. The third-order valence-corrected chi connectivity index (χ3v) is 3.60. The number of carbonyl (C=O) groups is 2. The van der Waals surface area contributed by atoms with Crippen molar-refractivity contribution in [2.45, 2.75) is 0 Å². The fourth-order valence-electron chi connectivity index (χ4n) is 1.79. The minimum absolute atomic E-state index is 0.0985. The summed E-state index contributed by atoms with van der Waals surface area (Å²) in [6.07, 6.45) is 0. The lowest BCUT2D eigenvalue weighted by Crippen LogP contribution is -2.41. The summed E-state index contributed by atoms with van der Waals surface area (Å²) in [4.78, 5) is 24.1. The highest BCUT2D eigenvalue weighted by atomic mass is 35.5. The first-order valence-electron chi connectivity index (χ1n) is 6.31. The van der Waals surface area contributed by atoms with E-state index in [0.29, 0.717) is 10.6 Å². The van der Waals surface area contributed by atoms with Gasteiger partial charge in [-0.3, -0.25) is 20.4 Å². The number of ether oxygens (including phenoxy) is 1. The van der Waals surface area contributed by atoms with Crippen LogP contribution in [0.15, 0.2) is 36.4 Å². The minimum Gasteiger partial charge on any atom is -0.494 e. The fraction of sp³-hybridized carbons (Fsp3) is 0.0667. The number of benzene rings is 2. The van der Waals surface area contributed by atoms with E-state index < -0.39 is 11.8 Å². The van der Waals surface area contributed by atoms with Crippen LogP contribution in [-0.4, -0.2) is 18.9 Å². The molecule has 0 bridgehead atoms. The van der Waals surface area contributed by atoms with Gasteiger partial charge >= 0.3 is 0 Å². The number of halogens is 3. The maximum Gasteiger partial charge on any atom is 0.273 e. The Bertz CT molecular complexity index is 748. The molecule has 2 N–H and O–H groups in total. The van der Waals surface area contributed by atoms with Gasteiger partial charge in [-0.2, -0.15) is 0 Å². The van der Waals surface area contributed by atoms with Crippen LogP contribution in [0.3, 0.4) is 0 Å². The van der Waals surface area contributed by atoms with E-state index in [1.165, 1.54) is 31.4 Å². The molecule has 0 unspecified atom stereocenters. The van der Waals surface area contributed by atoms with Crippen molar-refractivity contribution in [3.05, 3.63) is 62.6 Å². The molecule has 0 heterocycles. The summed E-state index contributed by atoms with van der Waals surface area (Å²) in [7, 11) is 1.37. The molecule has 23 heavy (non-hydrogen) atoms. The van der Waals surface area contributed by atoms with Gasteiger partial charge in [0, 0.05) is 15.6 Å². The van der Waals surface area contributed by atoms with Crippen LogP contribution in [-0.2, 0) is 0 Å². The van der Waals surface area contributed by atoms with E-state index >= 15 is 0 Å². The second kappa shape index (κ2) is 7.55. The molecule has 2 rings (SSSR count). The average Bonchev–Trinajstić information content (AvgIpc) is 2.52.